The monoisotopic (exact) mass is 205 g/mol. The van der Waals surface area contributed by atoms with Gasteiger partial charge in [0.2, 0.25) is 0 Å². The second-order valence-corrected chi connectivity index (χ2v) is 4.99. The van der Waals surface area contributed by atoms with E-state index in [-0.39, 0.29) is 11.2 Å². The molecule has 1 aromatic carbocycles. The minimum Gasteiger partial charge on any atom is -0.207 e. The van der Waals surface area contributed by atoms with E-state index in [2.05, 4.69) is 6.07 Å². The van der Waals surface area contributed by atoms with E-state index < -0.39 is 5.41 Å². The highest BCUT2D eigenvalue weighted by Gasteiger charge is 2.39. The van der Waals surface area contributed by atoms with Gasteiger partial charge in [0.25, 0.3) is 0 Å². The Hall–Kier alpha value is -1.36. The molecule has 0 heterocycles. The van der Waals surface area contributed by atoms with E-state index in [4.69, 9.17) is 0 Å². The van der Waals surface area contributed by atoms with Gasteiger partial charge in [-0.25, -0.2) is 4.39 Å². The summed E-state index contributed by atoms with van der Waals surface area (Å²) in [7, 11) is 0. The molecule has 0 amide bonds. The van der Waals surface area contributed by atoms with Gasteiger partial charge in [0.15, 0.2) is 0 Å². The fourth-order valence-electron chi connectivity index (χ4n) is 1.45. The van der Waals surface area contributed by atoms with E-state index in [0.29, 0.717) is 0 Å². The third-order valence-corrected chi connectivity index (χ3v) is 3.15. The molecule has 1 aromatic rings. The van der Waals surface area contributed by atoms with Gasteiger partial charge >= 0.3 is 0 Å². The zero-order valence-electron chi connectivity index (χ0n) is 9.63. The van der Waals surface area contributed by atoms with Gasteiger partial charge in [0.1, 0.15) is 5.82 Å². The lowest BCUT2D eigenvalue weighted by Gasteiger charge is -2.36. The zero-order chi connectivity index (χ0) is 11.7. The topological polar surface area (TPSA) is 23.8 Å². The van der Waals surface area contributed by atoms with Gasteiger partial charge in [-0.3, -0.25) is 0 Å². The van der Waals surface area contributed by atoms with Gasteiger partial charge in [-0.1, -0.05) is 32.9 Å². The molecule has 0 spiro atoms. The first kappa shape index (κ1) is 11.7. The number of rotatable bonds is 1. The number of nitriles is 1. The van der Waals surface area contributed by atoms with Crippen molar-refractivity contribution in [3.8, 4) is 6.07 Å². The average molecular weight is 205 g/mol. The maximum absolute atomic E-state index is 12.8. The van der Waals surface area contributed by atoms with Crippen LogP contribution in [0.1, 0.15) is 33.3 Å². The molecule has 0 aliphatic carbocycles. The van der Waals surface area contributed by atoms with Crippen molar-refractivity contribution in [1.82, 2.24) is 0 Å². The van der Waals surface area contributed by atoms with Crippen molar-refractivity contribution in [2.24, 2.45) is 5.41 Å². The molecule has 1 unspecified atom stereocenters. The van der Waals surface area contributed by atoms with Crippen molar-refractivity contribution in [3.05, 3.63) is 35.6 Å². The fourth-order valence-corrected chi connectivity index (χ4v) is 1.45. The van der Waals surface area contributed by atoms with Crippen LogP contribution >= 0.6 is 0 Å². The van der Waals surface area contributed by atoms with Crippen LogP contribution < -0.4 is 0 Å². The van der Waals surface area contributed by atoms with Gasteiger partial charge in [-0.15, -0.1) is 0 Å². The van der Waals surface area contributed by atoms with Crippen molar-refractivity contribution < 1.29 is 4.39 Å². The maximum atomic E-state index is 12.8. The van der Waals surface area contributed by atoms with Crippen molar-refractivity contribution >= 4 is 0 Å². The summed E-state index contributed by atoms with van der Waals surface area (Å²) in [4.78, 5) is 0. The van der Waals surface area contributed by atoms with Gasteiger partial charge in [-0.05, 0) is 30.0 Å². The molecule has 0 aliphatic heterocycles. The Morgan fingerprint density at radius 3 is 1.87 bits per heavy atom. The Balaban J connectivity index is 3.26. The second kappa shape index (κ2) is 3.66. The predicted molar refractivity (Wildman–Crippen MR) is 58.8 cm³/mol. The van der Waals surface area contributed by atoms with Crippen LogP contribution in [0, 0.1) is 22.6 Å². The van der Waals surface area contributed by atoms with E-state index in [1.807, 2.05) is 27.7 Å². The van der Waals surface area contributed by atoms with E-state index in [1.54, 1.807) is 12.1 Å². The van der Waals surface area contributed by atoms with E-state index >= 15 is 0 Å². The molecule has 1 rings (SSSR count). The molecule has 0 aliphatic rings. The van der Waals surface area contributed by atoms with E-state index in [1.165, 1.54) is 12.1 Å². The van der Waals surface area contributed by atoms with Gasteiger partial charge in [-0.2, -0.15) is 5.26 Å². The molecule has 0 aromatic heterocycles. The van der Waals surface area contributed by atoms with Crippen molar-refractivity contribution in [1.29, 1.82) is 5.26 Å². The van der Waals surface area contributed by atoms with Crippen molar-refractivity contribution in [2.45, 2.75) is 33.1 Å². The maximum Gasteiger partial charge on any atom is 0.123 e. The number of hydrogen-bond acceptors (Lipinski definition) is 1. The lowest BCUT2D eigenvalue weighted by Crippen LogP contribution is -2.35. The Morgan fingerprint density at radius 1 is 1.07 bits per heavy atom. The minimum atomic E-state index is -0.597. The summed E-state index contributed by atoms with van der Waals surface area (Å²) < 4.78 is 12.8. The smallest absolute Gasteiger partial charge is 0.123 e. The fraction of sp³-hybridized carbons (Fsp3) is 0.462. The van der Waals surface area contributed by atoms with Crippen LogP contribution in [0.4, 0.5) is 4.39 Å². The lowest BCUT2D eigenvalue weighted by molar-refractivity contribution is 0.266. The van der Waals surface area contributed by atoms with Crippen LogP contribution in [0.3, 0.4) is 0 Å². The Bertz CT molecular complexity index is 380. The van der Waals surface area contributed by atoms with Crippen LogP contribution in [0.2, 0.25) is 0 Å². The molecule has 0 saturated heterocycles. The van der Waals surface area contributed by atoms with E-state index in [9.17, 15) is 9.65 Å². The summed E-state index contributed by atoms with van der Waals surface area (Å²) in [5.41, 5.74) is 0.0826. The van der Waals surface area contributed by atoms with Crippen LogP contribution in [0.15, 0.2) is 24.3 Å². The van der Waals surface area contributed by atoms with Crippen LogP contribution in [0.5, 0.6) is 0 Å². The highest BCUT2D eigenvalue weighted by atomic mass is 19.1. The van der Waals surface area contributed by atoms with Crippen LogP contribution in [-0.4, -0.2) is 0 Å². The zero-order valence-corrected chi connectivity index (χ0v) is 9.63. The summed E-state index contributed by atoms with van der Waals surface area (Å²) in [6, 6.07) is 8.50. The van der Waals surface area contributed by atoms with Crippen molar-refractivity contribution in [3.63, 3.8) is 0 Å². The average Bonchev–Trinajstić information content (AvgIpc) is 2.16. The Kier molecular flexibility index (Phi) is 2.86. The third-order valence-electron chi connectivity index (χ3n) is 3.15. The van der Waals surface area contributed by atoms with Gasteiger partial charge < -0.3 is 0 Å². The number of halogens is 1. The van der Waals surface area contributed by atoms with Gasteiger partial charge in [0, 0.05) is 0 Å². The summed E-state index contributed by atoms with van der Waals surface area (Å²) in [5.74, 6) is -0.270. The Labute approximate surface area is 90.5 Å². The van der Waals surface area contributed by atoms with Crippen LogP contribution in [0.25, 0.3) is 0 Å². The molecule has 0 radical (unpaired) electrons. The largest absolute Gasteiger partial charge is 0.207 e. The van der Waals surface area contributed by atoms with E-state index in [0.717, 1.165) is 5.56 Å². The second-order valence-electron chi connectivity index (χ2n) is 4.99. The molecule has 0 fully saturated rings. The number of benzene rings is 1. The van der Waals surface area contributed by atoms with Crippen molar-refractivity contribution in [2.75, 3.05) is 0 Å². The molecule has 15 heavy (non-hydrogen) atoms. The number of nitrogens with zero attached hydrogens (tertiary/aromatic N) is 1. The molecule has 1 nitrogen and oxygen atoms in total. The summed E-state index contributed by atoms with van der Waals surface area (Å²) in [6.45, 7) is 7.93. The summed E-state index contributed by atoms with van der Waals surface area (Å²) in [6.07, 6.45) is 0. The molecular formula is C13H16FN. The number of hydrogen-bond donors (Lipinski definition) is 0. The summed E-state index contributed by atoms with van der Waals surface area (Å²) >= 11 is 0. The van der Waals surface area contributed by atoms with Crippen LogP contribution in [-0.2, 0) is 5.41 Å². The molecule has 80 valence electrons. The molecule has 0 saturated carbocycles. The first-order valence-corrected chi connectivity index (χ1v) is 4.98. The summed E-state index contributed by atoms with van der Waals surface area (Å²) in [5, 5.41) is 9.30. The first-order chi connectivity index (χ1) is 6.81. The Morgan fingerprint density at radius 2 is 1.53 bits per heavy atom. The molecule has 0 bridgehead atoms. The quantitative estimate of drug-likeness (QED) is 0.686. The van der Waals surface area contributed by atoms with Gasteiger partial charge in [0.05, 0.1) is 11.5 Å². The first-order valence-electron chi connectivity index (χ1n) is 4.98. The highest BCUT2D eigenvalue weighted by Crippen LogP contribution is 2.40. The predicted octanol–water partition coefficient (Wildman–Crippen LogP) is 3.65. The SMILES string of the molecule is CC(C)(C)C(C)(C#N)c1ccc(F)cc1. The molecule has 2 heteroatoms. The lowest BCUT2D eigenvalue weighted by atomic mass is 9.65. The minimum absolute atomic E-state index is 0.181. The molecule has 1 atom stereocenters. The highest BCUT2D eigenvalue weighted by molar-refractivity contribution is 5.34. The standard InChI is InChI=1S/C13H16FN/c1-12(2,3)13(4,9-15)10-5-7-11(14)8-6-10/h5-8H,1-4H3. The third kappa shape index (κ3) is 2.02. The molecular weight excluding hydrogens is 189 g/mol. The normalized spacial score (nSPS) is 15.5. The molecule has 0 N–H and O–H groups in total.